The third-order valence-corrected chi connectivity index (χ3v) is 4.53. The zero-order chi connectivity index (χ0) is 20.9. The summed E-state index contributed by atoms with van der Waals surface area (Å²) in [5.74, 6) is 0.246. The van der Waals surface area contributed by atoms with E-state index in [1.165, 1.54) is 26.4 Å². The van der Waals surface area contributed by atoms with E-state index < -0.39 is 16.5 Å². The fourth-order valence-corrected chi connectivity index (χ4v) is 3.06. The fourth-order valence-electron chi connectivity index (χ4n) is 2.90. The van der Waals surface area contributed by atoms with E-state index in [2.05, 4.69) is 5.32 Å². The van der Waals surface area contributed by atoms with Gasteiger partial charge in [-0.1, -0.05) is 34.8 Å². The Hall–Kier alpha value is -1.61. The smallest absolute Gasteiger partial charge is 0.411 e. The lowest BCUT2D eigenvalue weighted by molar-refractivity contribution is 0.0678. The van der Waals surface area contributed by atoms with E-state index in [4.69, 9.17) is 49.0 Å². The molecule has 8 nitrogen and oxygen atoms in total. The van der Waals surface area contributed by atoms with Crippen molar-refractivity contribution < 1.29 is 28.9 Å². The van der Waals surface area contributed by atoms with Gasteiger partial charge in [-0.3, -0.25) is 10.1 Å². The molecule has 0 aromatic heterocycles. The Morgan fingerprint density at radius 3 is 2.46 bits per heavy atom. The van der Waals surface area contributed by atoms with Crippen molar-refractivity contribution in [3.05, 3.63) is 17.7 Å². The first-order chi connectivity index (χ1) is 13.2. The van der Waals surface area contributed by atoms with Gasteiger partial charge in [-0.15, -0.1) is 0 Å². The van der Waals surface area contributed by atoms with Gasteiger partial charge < -0.3 is 24.2 Å². The lowest BCUT2D eigenvalue weighted by atomic mass is 10.1. The van der Waals surface area contributed by atoms with Crippen LogP contribution in [-0.4, -0.2) is 65.8 Å². The van der Waals surface area contributed by atoms with Gasteiger partial charge in [0, 0.05) is 12.6 Å². The number of carbonyl (C=O) groups excluding carboxylic acids is 2. The summed E-state index contributed by atoms with van der Waals surface area (Å²) >= 11 is 16.7. The van der Waals surface area contributed by atoms with E-state index in [1.807, 2.05) is 0 Å². The molecule has 1 aromatic rings. The molecule has 1 aromatic carbocycles. The third kappa shape index (κ3) is 5.70. The molecule has 1 atom stereocenters. The topological polar surface area (TPSA) is 97.3 Å². The van der Waals surface area contributed by atoms with Crippen LogP contribution in [0.15, 0.2) is 12.1 Å². The van der Waals surface area contributed by atoms with Gasteiger partial charge in [-0.25, -0.2) is 4.79 Å². The molecular weight excluding hydrogens is 435 g/mol. The second-order valence-electron chi connectivity index (χ2n) is 6.05. The first-order valence-corrected chi connectivity index (χ1v) is 9.52. The lowest BCUT2D eigenvalue weighted by Gasteiger charge is -2.25. The van der Waals surface area contributed by atoms with Crippen LogP contribution in [0.3, 0.4) is 0 Å². The molecule has 0 bridgehead atoms. The minimum Gasteiger partial charge on any atom is -0.493 e. The molecule has 1 heterocycles. The highest BCUT2D eigenvalue weighted by molar-refractivity contribution is 6.67. The molecule has 0 aliphatic carbocycles. The number of anilines is 1. The maximum atomic E-state index is 13.1. The highest BCUT2D eigenvalue weighted by Gasteiger charge is 2.31. The van der Waals surface area contributed by atoms with Gasteiger partial charge in [0.05, 0.1) is 38.1 Å². The molecular formula is C17H21Cl3N2O6. The molecule has 0 saturated carbocycles. The summed E-state index contributed by atoms with van der Waals surface area (Å²) in [6.45, 7) is -0.124. The van der Waals surface area contributed by atoms with Gasteiger partial charge in [0.2, 0.25) is 3.79 Å². The summed E-state index contributed by atoms with van der Waals surface area (Å²) < 4.78 is 13.6. The second kappa shape index (κ2) is 9.73. The highest BCUT2D eigenvalue weighted by Crippen LogP contribution is 2.35. The van der Waals surface area contributed by atoms with E-state index >= 15 is 0 Å². The molecule has 2 amide bonds. The summed E-state index contributed by atoms with van der Waals surface area (Å²) in [5, 5.41) is 12.0. The summed E-state index contributed by atoms with van der Waals surface area (Å²) in [6, 6.07) is 2.61. The van der Waals surface area contributed by atoms with E-state index in [0.29, 0.717) is 24.5 Å². The highest BCUT2D eigenvalue weighted by atomic mass is 35.6. The number of hydrogen-bond acceptors (Lipinski definition) is 6. The van der Waals surface area contributed by atoms with Crippen LogP contribution in [0.5, 0.6) is 11.5 Å². The van der Waals surface area contributed by atoms with Crippen molar-refractivity contribution in [1.82, 2.24) is 4.90 Å². The average Bonchev–Trinajstić information content (AvgIpc) is 3.13. The number of halogens is 3. The number of aliphatic hydroxyl groups excluding tert-OH is 1. The molecule has 1 fully saturated rings. The van der Waals surface area contributed by atoms with Gasteiger partial charge in [-0.2, -0.15) is 0 Å². The number of alkyl halides is 3. The van der Waals surface area contributed by atoms with Crippen LogP contribution in [0, 0.1) is 0 Å². The Labute approximate surface area is 177 Å². The number of rotatable bonds is 6. The summed E-state index contributed by atoms with van der Waals surface area (Å²) in [4.78, 5) is 26.7. The van der Waals surface area contributed by atoms with Crippen LogP contribution < -0.4 is 14.8 Å². The van der Waals surface area contributed by atoms with Gasteiger partial charge >= 0.3 is 6.09 Å². The monoisotopic (exact) mass is 454 g/mol. The molecule has 2 rings (SSSR count). The van der Waals surface area contributed by atoms with E-state index in [0.717, 1.165) is 6.42 Å². The lowest BCUT2D eigenvalue weighted by Crippen LogP contribution is -2.38. The van der Waals surface area contributed by atoms with Gasteiger partial charge in [0.1, 0.15) is 6.61 Å². The minimum absolute atomic E-state index is 0.139. The van der Waals surface area contributed by atoms with Crippen LogP contribution in [-0.2, 0) is 4.74 Å². The van der Waals surface area contributed by atoms with E-state index in [-0.39, 0.29) is 29.8 Å². The Morgan fingerprint density at radius 1 is 1.25 bits per heavy atom. The van der Waals surface area contributed by atoms with Crippen molar-refractivity contribution in [3.8, 4) is 11.5 Å². The van der Waals surface area contributed by atoms with Crippen LogP contribution in [0.2, 0.25) is 0 Å². The predicted octanol–water partition coefficient (Wildman–Crippen LogP) is 3.22. The fraction of sp³-hybridized carbons (Fsp3) is 0.529. The third-order valence-electron chi connectivity index (χ3n) is 4.21. The van der Waals surface area contributed by atoms with Crippen molar-refractivity contribution in [2.45, 2.75) is 22.7 Å². The SMILES string of the molecule is COc1cc(NC(=O)OCC(Cl)(Cl)Cl)c(C(=O)N2CCC[C@H]2CO)cc1OC. The molecule has 156 valence electrons. The van der Waals surface area contributed by atoms with Gasteiger partial charge in [0.15, 0.2) is 11.5 Å². The minimum atomic E-state index is -1.77. The number of nitrogens with one attached hydrogen (secondary N) is 1. The molecule has 0 radical (unpaired) electrons. The standard InChI is InChI=1S/C17H21Cl3N2O6/c1-26-13-6-11(15(24)22-5-3-4-10(22)8-23)12(7-14(13)27-2)21-16(25)28-9-17(18,19)20/h6-7,10,23H,3-5,8-9H2,1-2H3,(H,21,25)/t10-/m0/s1. The molecule has 11 heteroatoms. The van der Waals surface area contributed by atoms with Gasteiger partial charge in [-0.05, 0) is 18.9 Å². The molecule has 2 N–H and O–H groups in total. The molecule has 28 heavy (non-hydrogen) atoms. The van der Waals surface area contributed by atoms with Crippen molar-refractivity contribution in [3.63, 3.8) is 0 Å². The Morgan fingerprint density at radius 2 is 1.89 bits per heavy atom. The van der Waals surface area contributed by atoms with Crippen molar-refractivity contribution in [2.24, 2.45) is 0 Å². The predicted molar refractivity (Wildman–Crippen MR) is 106 cm³/mol. The zero-order valence-corrected chi connectivity index (χ0v) is 17.6. The molecule has 0 unspecified atom stereocenters. The van der Waals surface area contributed by atoms with Crippen LogP contribution in [0.25, 0.3) is 0 Å². The number of methoxy groups -OCH3 is 2. The molecule has 1 saturated heterocycles. The van der Waals surface area contributed by atoms with Crippen LogP contribution in [0.1, 0.15) is 23.2 Å². The number of nitrogens with zero attached hydrogens (tertiary/aromatic N) is 1. The number of amides is 2. The van der Waals surface area contributed by atoms with E-state index in [9.17, 15) is 14.7 Å². The first-order valence-electron chi connectivity index (χ1n) is 8.38. The zero-order valence-electron chi connectivity index (χ0n) is 15.3. The molecule has 1 aliphatic heterocycles. The summed E-state index contributed by atoms with van der Waals surface area (Å²) in [6.07, 6.45) is 0.565. The second-order valence-corrected chi connectivity index (χ2v) is 8.56. The maximum Gasteiger partial charge on any atom is 0.411 e. The first kappa shape index (κ1) is 22.7. The molecule has 0 spiro atoms. The quantitative estimate of drug-likeness (QED) is 0.639. The number of likely N-dealkylation sites (tertiary alicyclic amines) is 1. The Kier molecular flexibility index (Phi) is 7.88. The number of carbonyl (C=O) groups is 2. The average molecular weight is 456 g/mol. The van der Waals surface area contributed by atoms with E-state index in [1.54, 1.807) is 4.90 Å². The summed E-state index contributed by atoms with van der Waals surface area (Å²) in [7, 11) is 2.85. The van der Waals surface area contributed by atoms with Gasteiger partial charge in [0.25, 0.3) is 5.91 Å². The normalized spacial score (nSPS) is 16.6. The largest absolute Gasteiger partial charge is 0.493 e. The summed E-state index contributed by atoms with van der Waals surface area (Å²) in [5.41, 5.74) is 0.296. The van der Waals surface area contributed by atoms with Crippen molar-refractivity contribution in [2.75, 3.05) is 39.3 Å². The van der Waals surface area contributed by atoms with Crippen molar-refractivity contribution in [1.29, 1.82) is 0 Å². The Bertz CT molecular complexity index is 726. The number of hydrogen-bond donors (Lipinski definition) is 2. The van der Waals surface area contributed by atoms with Crippen molar-refractivity contribution >= 4 is 52.5 Å². The molecule has 1 aliphatic rings. The van der Waals surface area contributed by atoms with Crippen LogP contribution >= 0.6 is 34.8 Å². The maximum absolute atomic E-state index is 13.1. The number of aliphatic hydroxyl groups is 1. The Balaban J connectivity index is 2.34. The number of ether oxygens (including phenoxy) is 3. The number of benzene rings is 1. The van der Waals surface area contributed by atoms with Crippen LogP contribution in [0.4, 0.5) is 10.5 Å².